The van der Waals surface area contributed by atoms with Crippen LogP contribution in [0.15, 0.2) is 59.0 Å². The zero-order chi connectivity index (χ0) is 36.6. The maximum absolute atomic E-state index is 13.2. The third-order valence-electron chi connectivity index (χ3n) is 7.72. The zero-order valence-corrected chi connectivity index (χ0v) is 28.9. The summed E-state index contributed by atoms with van der Waals surface area (Å²) in [6.45, 7) is 0.552. The summed E-state index contributed by atoms with van der Waals surface area (Å²) in [6, 6.07) is 15.8. The Hall–Kier alpha value is -4.51. The molecule has 1 aliphatic heterocycles. The summed E-state index contributed by atoms with van der Waals surface area (Å²) < 4.78 is 79.4. The van der Waals surface area contributed by atoms with Gasteiger partial charge in [-0.3, -0.25) is 4.79 Å². The molecule has 0 radical (unpaired) electrons. The van der Waals surface area contributed by atoms with Crippen molar-refractivity contribution in [2.45, 2.75) is 18.3 Å². The van der Waals surface area contributed by atoms with Gasteiger partial charge in [0.05, 0.1) is 31.5 Å². The van der Waals surface area contributed by atoms with E-state index >= 15 is 0 Å². The van der Waals surface area contributed by atoms with E-state index < -0.39 is 27.4 Å². The van der Waals surface area contributed by atoms with Gasteiger partial charge in [0.1, 0.15) is 25.4 Å². The second kappa shape index (κ2) is 16.5. The van der Waals surface area contributed by atoms with E-state index in [1.807, 2.05) is 74.1 Å². The van der Waals surface area contributed by atoms with Crippen molar-refractivity contribution >= 4 is 38.6 Å². The van der Waals surface area contributed by atoms with E-state index in [4.69, 9.17) is 13.9 Å². The maximum atomic E-state index is 13.2. The van der Waals surface area contributed by atoms with Crippen LogP contribution in [0, 0.1) is 0 Å². The Morgan fingerprint density at radius 2 is 1.62 bits per heavy atom. The van der Waals surface area contributed by atoms with E-state index in [0.717, 1.165) is 11.0 Å². The van der Waals surface area contributed by atoms with Gasteiger partial charge in [0, 0.05) is 73.7 Å². The smallest absolute Gasteiger partial charge is 0.478 e. The van der Waals surface area contributed by atoms with E-state index in [2.05, 4.69) is 5.32 Å². The van der Waals surface area contributed by atoms with Gasteiger partial charge < -0.3 is 29.2 Å². The van der Waals surface area contributed by atoms with E-state index in [-0.39, 0.29) is 57.1 Å². The predicted octanol–water partition coefficient (Wildman–Crippen LogP) is 3.98. The number of carboxylic acids is 1. The number of alkyl halides is 3. The van der Waals surface area contributed by atoms with Crippen LogP contribution in [0.2, 0.25) is 0 Å². The molecule has 12 nitrogen and oxygen atoms in total. The molecule has 2 aromatic carbocycles. The first-order valence-corrected chi connectivity index (χ1v) is 17.1. The number of ether oxygens (including phenoxy) is 2. The number of hydrogen-bond acceptors (Lipinski definition) is 8. The van der Waals surface area contributed by atoms with E-state index in [1.54, 1.807) is 6.07 Å². The number of nitrogens with zero attached hydrogens (tertiary/aromatic N) is 2. The van der Waals surface area contributed by atoms with E-state index in [1.165, 1.54) is 16.9 Å². The molecule has 0 bridgehead atoms. The summed E-state index contributed by atoms with van der Waals surface area (Å²) in [6.07, 6.45) is 0.509. The molecule has 0 fully saturated rings. The number of carbonyl (C=O) groups is 2. The largest absolute Gasteiger partial charge is 0.511 e. The monoisotopic (exact) mass is 721 g/mol. The van der Waals surface area contributed by atoms with Gasteiger partial charge in [-0.15, -0.1) is 0 Å². The summed E-state index contributed by atoms with van der Waals surface area (Å²) >= 11 is 0. The van der Waals surface area contributed by atoms with Gasteiger partial charge in [-0.1, -0.05) is 0 Å². The number of nitrogens with one attached hydrogen (secondary N) is 2. The van der Waals surface area contributed by atoms with Crippen LogP contribution in [-0.4, -0.2) is 98.6 Å². The predicted molar refractivity (Wildman–Crippen MR) is 183 cm³/mol. The summed E-state index contributed by atoms with van der Waals surface area (Å²) in [5.41, 5.74) is -1.96. The Labute approximate surface area is 287 Å². The van der Waals surface area contributed by atoms with Gasteiger partial charge in [-0.25, -0.2) is 22.5 Å². The lowest BCUT2D eigenvalue weighted by Gasteiger charge is -2.19. The van der Waals surface area contributed by atoms with Crippen molar-refractivity contribution in [2.24, 2.45) is 0 Å². The number of carboxylic acid groups (broad SMARTS) is 1. The lowest BCUT2D eigenvalue weighted by molar-refractivity contribution is -0.0447. The number of unbranched alkanes of at least 4 members (excludes halogenated alkanes) is 1. The minimum Gasteiger partial charge on any atom is -0.478 e. The number of rotatable bonds is 16. The Bertz CT molecular complexity index is 1990. The van der Waals surface area contributed by atoms with Crippen molar-refractivity contribution in [3.8, 4) is 22.5 Å². The van der Waals surface area contributed by atoms with Crippen LogP contribution in [0.5, 0.6) is 0 Å². The third-order valence-corrected chi connectivity index (χ3v) is 8.91. The zero-order valence-electron chi connectivity index (χ0n) is 28.1. The number of hydrogen-bond donors (Lipinski definition) is 3. The van der Waals surface area contributed by atoms with Crippen LogP contribution in [-0.2, 0) is 19.5 Å². The average Bonchev–Trinajstić information content (AvgIpc) is 3.06. The number of sulfonamides is 1. The fraction of sp³-hybridized carbons (Fsp3) is 0.382. The van der Waals surface area contributed by atoms with Crippen LogP contribution in [0.1, 0.15) is 33.6 Å². The van der Waals surface area contributed by atoms with Gasteiger partial charge in [0.25, 0.3) is 5.91 Å². The number of aromatic carboxylic acids is 1. The Morgan fingerprint density at radius 1 is 0.900 bits per heavy atom. The van der Waals surface area contributed by atoms with Crippen molar-refractivity contribution in [3.63, 3.8) is 0 Å². The average molecular weight is 722 g/mol. The first-order valence-electron chi connectivity index (χ1n) is 15.7. The highest BCUT2D eigenvalue weighted by Crippen LogP contribution is 2.42. The third kappa shape index (κ3) is 9.38. The maximum Gasteiger partial charge on any atom is 0.511 e. The molecule has 4 rings (SSSR count). The number of amides is 1. The Morgan fingerprint density at radius 3 is 2.28 bits per heavy atom. The molecule has 0 saturated heterocycles. The van der Waals surface area contributed by atoms with Crippen molar-refractivity contribution in [1.29, 1.82) is 0 Å². The standard InChI is InChI=1S/C34H39F3N4O8S/c1-40(2)23-8-11-26-29(20-23)49-30-21-24(41(3)4)9-12-27(30)31(26)28-19-22(7-10-25(28)33(43)44)32(42)38-14-16-48-18-17-47-15-6-5-13-39-50(45,46)34(35,36)37/h7-12,19-21,39H,5-6,13-18H2,1-4H3,(H-,38,42,43,44)/p+1. The Balaban J connectivity index is 1.41. The topological polar surface area (TPSA) is 150 Å². The minimum absolute atomic E-state index is 0.0228. The van der Waals surface area contributed by atoms with Gasteiger partial charge in [0.15, 0.2) is 0 Å². The van der Waals surface area contributed by atoms with Crippen LogP contribution in [0.3, 0.4) is 0 Å². The quantitative estimate of drug-likeness (QED) is 0.0887. The molecule has 1 aliphatic carbocycles. The minimum atomic E-state index is -5.35. The molecule has 0 unspecified atom stereocenters. The fourth-order valence-electron chi connectivity index (χ4n) is 5.07. The van der Waals surface area contributed by atoms with Crippen LogP contribution in [0.4, 0.5) is 18.9 Å². The van der Waals surface area contributed by atoms with E-state index in [9.17, 15) is 36.3 Å². The van der Waals surface area contributed by atoms with Gasteiger partial charge >= 0.3 is 21.5 Å². The Kier molecular flexibility index (Phi) is 12.6. The van der Waals surface area contributed by atoms with E-state index in [0.29, 0.717) is 39.8 Å². The first-order chi connectivity index (χ1) is 23.6. The van der Waals surface area contributed by atoms with Crippen molar-refractivity contribution in [2.75, 3.05) is 72.6 Å². The SMILES string of the molecule is CN(C)c1ccc2c(-c3cc(C(=O)NCCOCCOCCCCNS(=O)(=O)C(F)(F)F)ccc3C(=O)O)c3ccc(=[N+](C)C)cc-3oc2c1. The van der Waals surface area contributed by atoms with Gasteiger partial charge in [0.2, 0.25) is 5.36 Å². The van der Waals surface area contributed by atoms with Gasteiger partial charge in [-0.05, 0) is 54.8 Å². The number of halogens is 3. The number of benzene rings is 3. The number of anilines is 1. The molecular weight excluding hydrogens is 681 g/mol. The van der Waals surface area contributed by atoms with Crippen LogP contribution in [0.25, 0.3) is 33.4 Å². The summed E-state index contributed by atoms with van der Waals surface area (Å²) in [7, 11) is 2.29. The number of carbonyl (C=O) groups excluding carboxylic acids is 1. The molecular formula is C34H40F3N4O8S+. The highest BCUT2D eigenvalue weighted by Gasteiger charge is 2.45. The van der Waals surface area contributed by atoms with Crippen LogP contribution >= 0.6 is 0 Å². The summed E-state index contributed by atoms with van der Waals surface area (Å²) in [4.78, 5) is 27.6. The molecule has 1 amide bonds. The molecule has 3 N–H and O–H groups in total. The van der Waals surface area contributed by atoms with Crippen molar-refractivity contribution < 1.29 is 50.2 Å². The molecule has 270 valence electrons. The molecule has 50 heavy (non-hydrogen) atoms. The second-order valence-electron chi connectivity index (χ2n) is 11.7. The molecule has 0 spiro atoms. The molecule has 0 saturated carbocycles. The summed E-state index contributed by atoms with van der Waals surface area (Å²) in [5, 5.41) is 14.5. The van der Waals surface area contributed by atoms with Gasteiger partial charge in [-0.2, -0.15) is 13.2 Å². The number of fused-ring (bicyclic) bond motifs is 2. The lowest BCUT2D eigenvalue weighted by Crippen LogP contribution is -2.37. The first kappa shape index (κ1) is 38.3. The summed E-state index contributed by atoms with van der Waals surface area (Å²) in [5.74, 6) is -1.02. The molecule has 0 aromatic heterocycles. The van der Waals surface area contributed by atoms with Crippen molar-refractivity contribution in [1.82, 2.24) is 14.6 Å². The molecule has 2 aliphatic rings. The molecule has 16 heteroatoms. The second-order valence-corrected chi connectivity index (χ2v) is 13.5. The molecule has 2 aromatic rings. The highest BCUT2D eigenvalue weighted by molar-refractivity contribution is 7.90. The lowest BCUT2D eigenvalue weighted by atomic mass is 9.89. The molecule has 1 heterocycles. The van der Waals surface area contributed by atoms with Crippen LogP contribution < -0.4 is 24.9 Å². The highest BCUT2D eigenvalue weighted by atomic mass is 32.2. The van der Waals surface area contributed by atoms with Crippen molar-refractivity contribution in [3.05, 3.63) is 71.1 Å². The normalized spacial score (nSPS) is 12.0. The molecule has 0 atom stereocenters. The fourth-order valence-corrected chi connectivity index (χ4v) is 5.65.